The second-order valence-electron chi connectivity index (χ2n) is 8.82. The van der Waals surface area contributed by atoms with Crippen LogP contribution < -0.4 is 0 Å². The zero-order chi connectivity index (χ0) is 21.8. The molecule has 31 heavy (non-hydrogen) atoms. The Kier molecular flexibility index (Phi) is 6.55. The van der Waals surface area contributed by atoms with Crippen molar-refractivity contribution in [3.8, 4) is 0 Å². The Morgan fingerprint density at radius 2 is 1.81 bits per heavy atom. The van der Waals surface area contributed by atoms with Gasteiger partial charge in [0, 0.05) is 35.6 Å². The van der Waals surface area contributed by atoms with Gasteiger partial charge in [0.25, 0.3) is 0 Å². The Hall–Kier alpha value is -2.88. The van der Waals surface area contributed by atoms with Crippen LogP contribution in [0.2, 0.25) is 0 Å². The second-order valence-corrected chi connectivity index (χ2v) is 8.82. The van der Waals surface area contributed by atoms with Crippen LogP contribution in [0, 0.1) is 5.92 Å². The number of carbonyl (C=O) groups excluding carboxylic acids is 1. The summed E-state index contributed by atoms with van der Waals surface area (Å²) in [5.74, 6) is -1.57. The molecule has 4 nitrogen and oxygen atoms in total. The molecule has 3 aromatic rings. The zero-order valence-corrected chi connectivity index (χ0v) is 18.3. The van der Waals surface area contributed by atoms with Crippen LogP contribution in [-0.4, -0.2) is 21.4 Å². The maximum Gasteiger partial charge on any atom is 0.306 e. The molecule has 0 bridgehead atoms. The van der Waals surface area contributed by atoms with Crippen LogP contribution in [0.4, 0.5) is 0 Å². The van der Waals surface area contributed by atoms with Gasteiger partial charge in [0.15, 0.2) is 5.78 Å². The third-order valence-electron chi connectivity index (χ3n) is 6.74. The molecule has 0 radical (unpaired) electrons. The number of aliphatic carboxylic acids is 1. The van der Waals surface area contributed by atoms with E-state index in [9.17, 15) is 14.7 Å². The number of rotatable bonds is 9. The van der Waals surface area contributed by atoms with Gasteiger partial charge in [-0.2, -0.15) is 0 Å². The molecule has 0 fully saturated rings. The highest BCUT2D eigenvalue weighted by molar-refractivity contribution is 6.01. The van der Waals surface area contributed by atoms with E-state index in [1.807, 2.05) is 30.3 Å². The fourth-order valence-corrected chi connectivity index (χ4v) is 4.95. The van der Waals surface area contributed by atoms with Crippen molar-refractivity contribution in [1.82, 2.24) is 4.57 Å². The summed E-state index contributed by atoms with van der Waals surface area (Å²) in [6.07, 6.45) is 7.91. The van der Waals surface area contributed by atoms with Gasteiger partial charge < -0.3 is 9.67 Å². The maximum absolute atomic E-state index is 12.9. The molecule has 1 aliphatic rings. The van der Waals surface area contributed by atoms with Gasteiger partial charge in [-0.25, -0.2) is 0 Å². The summed E-state index contributed by atoms with van der Waals surface area (Å²) in [6.45, 7) is 0. The second kappa shape index (κ2) is 9.51. The Morgan fingerprint density at radius 1 is 1.03 bits per heavy atom. The number of nitrogens with zero attached hydrogens (tertiary/aromatic N) is 1. The molecular weight excluding hydrogens is 386 g/mol. The first-order chi connectivity index (χ1) is 15.0. The minimum absolute atomic E-state index is 0.0658. The lowest BCUT2D eigenvalue weighted by Gasteiger charge is -2.12. The van der Waals surface area contributed by atoms with Gasteiger partial charge >= 0.3 is 5.97 Å². The Labute approximate surface area is 183 Å². The van der Waals surface area contributed by atoms with Crippen molar-refractivity contribution in [1.29, 1.82) is 0 Å². The van der Waals surface area contributed by atoms with Crippen molar-refractivity contribution in [2.75, 3.05) is 0 Å². The quantitative estimate of drug-likeness (QED) is 0.356. The van der Waals surface area contributed by atoms with E-state index in [4.69, 9.17) is 0 Å². The number of aromatic nitrogens is 1. The lowest BCUT2D eigenvalue weighted by molar-refractivity contribution is -0.141. The van der Waals surface area contributed by atoms with Crippen LogP contribution >= 0.6 is 0 Å². The van der Waals surface area contributed by atoms with E-state index in [2.05, 4.69) is 29.8 Å². The molecule has 1 aromatic heterocycles. The average Bonchev–Trinajstić information content (AvgIpc) is 3.08. The molecule has 4 heteroatoms. The monoisotopic (exact) mass is 417 g/mol. The Morgan fingerprint density at radius 3 is 2.58 bits per heavy atom. The molecule has 1 aliphatic carbocycles. The van der Waals surface area contributed by atoms with Crippen molar-refractivity contribution in [2.24, 2.45) is 13.0 Å². The first kappa shape index (κ1) is 21.4. The highest BCUT2D eigenvalue weighted by Gasteiger charge is 2.23. The van der Waals surface area contributed by atoms with Crippen LogP contribution in [0.25, 0.3) is 10.9 Å². The van der Waals surface area contributed by atoms with E-state index in [1.54, 1.807) is 0 Å². The summed E-state index contributed by atoms with van der Waals surface area (Å²) in [4.78, 5) is 24.7. The number of carboxylic acids is 1. The standard InChI is InChI=1S/C27H31NO3/c1-28-24-14-8-7-13-22(24)23-16-15-20(17-25(23)28)26(29)18-21(27(30)31)12-6-5-11-19-9-3-2-4-10-19/h2-4,9-10,15-17,21H,5-8,11-14,18H2,1H3,(H,30,31)/t21-/m1/s1. The molecular formula is C27H31NO3. The molecule has 1 N–H and O–H groups in total. The molecule has 162 valence electrons. The van der Waals surface area contributed by atoms with Crippen molar-refractivity contribution in [3.63, 3.8) is 0 Å². The minimum atomic E-state index is -0.872. The summed E-state index contributed by atoms with van der Waals surface area (Å²) in [5.41, 5.74) is 5.79. The van der Waals surface area contributed by atoms with E-state index in [-0.39, 0.29) is 12.2 Å². The third kappa shape index (κ3) is 4.73. The van der Waals surface area contributed by atoms with Crippen molar-refractivity contribution >= 4 is 22.7 Å². The largest absolute Gasteiger partial charge is 0.481 e. The first-order valence-corrected chi connectivity index (χ1v) is 11.4. The van der Waals surface area contributed by atoms with Crippen molar-refractivity contribution < 1.29 is 14.7 Å². The van der Waals surface area contributed by atoms with Gasteiger partial charge in [0.1, 0.15) is 0 Å². The number of ketones is 1. The highest BCUT2D eigenvalue weighted by Crippen LogP contribution is 2.32. The van der Waals surface area contributed by atoms with Gasteiger partial charge in [-0.05, 0) is 62.1 Å². The topological polar surface area (TPSA) is 59.3 Å². The number of carboxylic acid groups (broad SMARTS) is 1. The molecule has 2 aromatic carbocycles. The van der Waals surface area contributed by atoms with Gasteiger partial charge in [-0.15, -0.1) is 0 Å². The summed E-state index contributed by atoms with van der Waals surface area (Å²) in [5, 5.41) is 10.9. The first-order valence-electron chi connectivity index (χ1n) is 11.4. The molecule has 0 saturated heterocycles. The predicted octanol–water partition coefficient (Wildman–Crippen LogP) is 5.74. The van der Waals surface area contributed by atoms with Gasteiger partial charge in [0.2, 0.25) is 0 Å². The van der Waals surface area contributed by atoms with Crippen LogP contribution in [0.3, 0.4) is 0 Å². The molecule has 0 amide bonds. The smallest absolute Gasteiger partial charge is 0.306 e. The van der Waals surface area contributed by atoms with Crippen LogP contribution in [0.5, 0.6) is 0 Å². The number of aryl methyl sites for hydroxylation is 3. The summed E-state index contributed by atoms with van der Waals surface area (Å²) in [6, 6.07) is 16.1. The molecule has 1 heterocycles. The number of unbranched alkanes of at least 4 members (excludes halogenated alkanes) is 1. The van der Waals surface area contributed by atoms with Crippen molar-refractivity contribution in [2.45, 2.75) is 57.8 Å². The molecule has 0 aliphatic heterocycles. The average molecular weight is 418 g/mol. The minimum Gasteiger partial charge on any atom is -0.481 e. The summed E-state index contributed by atoms with van der Waals surface area (Å²) < 4.78 is 2.22. The Bertz CT molecular complexity index is 1080. The number of hydrogen-bond acceptors (Lipinski definition) is 2. The van der Waals surface area contributed by atoms with Crippen molar-refractivity contribution in [3.05, 3.63) is 70.9 Å². The fraction of sp³-hybridized carbons (Fsp3) is 0.407. The lowest BCUT2D eigenvalue weighted by Crippen LogP contribution is -2.18. The third-order valence-corrected chi connectivity index (χ3v) is 6.74. The number of carbonyl (C=O) groups is 2. The number of fused-ring (bicyclic) bond motifs is 3. The number of hydrogen-bond donors (Lipinski definition) is 1. The lowest BCUT2D eigenvalue weighted by atomic mass is 9.92. The van der Waals surface area contributed by atoms with Crippen LogP contribution in [0.1, 0.15) is 65.7 Å². The van der Waals surface area contributed by atoms with Gasteiger partial charge in [0.05, 0.1) is 5.92 Å². The maximum atomic E-state index is 12.9. The number of benzene rings is 2. The molecule has 0 unspecified atom stereocenters. The van der Waals surface area contributed by atoms with Gasteiger partial charge in [-0.3, -0.25) is 9.59 Å². The van der Waals surface area contributed by atoms with Crippen LogP contribution in [0.15, 0.2) is 48.5 Å². The fourth-order valence-electron chi connectivity index (χ4n) is 4.95. The normalized spacial score (nSPS) is 14.4. The molecule has 0 spiro atoms. The molecule has 4 rings (SSSR count). The van der Waals surface area contributed by atoms with Gasteiger partial charge in [-0.1, -0.05) is 48.9 Å². The number of Topliss-reactive ketones (excluding diaryl/α,β-unsaturated/α-hetero) is 1. The van der Waals surface area contributed by atoms with E-state index in [1.165, 1.54) is 35.0 Å². The zero-order valence-electron chi connectivity index (χ0n) is 18.3. The predicted molar refractivity (Wildman–Crippen MR) is 124 cm³/mol. The Balaban J connectivity index is 1.41. The van der Waals surface area contributed by atoms with E-state index < -0.39 is 11.9 Å². The van der Waals surface area contributed by atoms with E-state index in [0.717, 1.165) is 37.6 Å². The SMILES string of the molecule is Cn1c2c(c3ccc(C(=O)C[C@@H](CCCCc4ccccc4)C(=O)O)cc31)CCCC2. The summed E-state index contributed by atoms with van der Waals surface area (Å²) in [7, 11) is 2.08. The summed E-state index contributed by atoms with van der Waals surface area (Å²) >= 11 is 0. The highest BCUT2D eigenvalue weighted by atomic mass is 16.4. The molecule has 1 atom stereocenters. The molecule has 0 saturated carbocycles. The van der Waals surface area contributed by atoms with E-state index >= 15 is 0 Å². The van der Waals surface area contributed by atoms with Crippen LogP contribution in [-0.2, 0) is 31.1 Å². The van der Waals surface area contributed by atoms with E-state index in [0.29, 0.717) is 12.0 Å².